The fraction of sp³-hybridized carbons (Fsp3) is 0. The lowest BCUT2D eigenvalue weighted by Crippen LogP contribution is -2.10. The summed E-state index contributed by atoms with van der Waals surface area (Å²) in [6.07, 6.45) is 0. The Labute approximate surface area is 338 Å². The predicted molar refractivity (Wildman–Crippen MR) is 247 cm³/mol. The third-order valence-corrected chi connectivity index (χ3v) is 11.5. The van der Waals surface area contributed by atoms with Gasteiger partial charge in [0.2, 0.25) is 0 Å². The van der Waals surface area contributed by atoms with Crippen molar-refractivity contribution in [2.75, 3.05) is 4.90 Å². The van der Waals surface area contributed by atoms with Crippen molar-refractivity contribution in [2.24, 2.45) is 0 Å². The predicted octanol–water partition coefficient (Wildman–Crippen LogP) is 15.6. The zero-order valence-electron chi connectivity index (χ0n) is 31.8. The summed E-state index contributed by atoms with van der Waals surface area (Å²) in [5, 5.41) is 7.36. The van der Waals surface area contributed by atoms with Gasteiger partial charge in [-0.15, -0.1) is 0 Å². The molecule has 0 spiro atoms. The van der Waals surface area contributed by atoms with Crippen molar-refractivity contribution in [3.8, 4) is 39.1 Å². The quantitative estimate of drug-likeness (QED) is 0.158. The van der Waals surface area contributed by atoms with Gasteiger partial charge in [0.1, 0.15) is 0 Å². The minimum atomic E-state index is 1.10. The molecule has 2 nitrogen and oxygen atoms in total. The van der Waals surface area contributed by atoms with Gasteiger partial charge >= 0.3 is 0 Å². The molecule has 0 aliphatic carbocycles. The van der Waals surface area contributed by atoms with E-state index in [-0.39, 0.29) is 0 Å². The van der Waals surface area contributed by atoms with E-state index in [2.05, 4.69) is 240 Å². The molecule has 0 bridgehead atoms. The molecule has 0 unspecified atom stereocenters. The number of para-hydroxylation sites is 2. The first kappa shape index (κ1) is 33.6. The highest BCUT2D eigenvalue weighted by molar-refractivity contribution is 6.23. The van der Waals surface area contributed by atoms with Crippen LogP contribution in [0.3, 0.4) is 0 Å². The summed E-state index contributed by atoms with van der Waals surface area (Å²) in [5.74, 6) is 0. The van der Waals surface area contributed by atoms with Crippen LogP contribution in [0.15, 0.2) is 231 Å². The molecule has 58 heavy (non-hydrogen) atoms. The second kappa shape index (κ2) is 14.1. The summed E-state index contributed by atoms with van der Waals surface area (Å²) in [6.45, 7) is 0. The lowest BCUT2D eigenvalue weighted by molar-refractivity contribution is 1.18. The molecule has 0 saturated heterocycles. The van der Waals surface area contributed by atoms with E-state index in [0.29, 0.717) is 0 Å². The van der Waals surface area contributed by atoms with Crippen LogP contribution in [-0.4, -0.2) is 4.57 Å². The molecule has 1 aromatic heterocycles. The number of hydrogen-bond donors (Lipinski definition) is 0. The van der Waals surface area contributed by atoms with Crippen LogP contribution in [0.25, 0.3) is 82.4 Å². The highest BCUT2D eigenvalue weighted by Crippen LogP contribution is 2.46. The SMILES string of the molecule is c1ccc(-c2cccc(-c3ccc(N(c4cccc(-c5c6ccccc6cc6c5c5ccccc5n6-c5ccccc5)c4)c4cccc5ccccc45)cc3)c2)cc1. The van der Waals surface area contributed by atoms with Gasteiger partial charge < -0.3 is 9.47 Å². The van der Waals surface area contributed by atoms with Crippen molar-refractivity contribution >= 4 is 60.4 Å². The Balaban J connectivity index is 1.11. The number of anilines is 3. The van der Waals surface area contributed by atoms with Crippen LogP contribution in [0.5, 0.6) is 0 Å². The minimum Gasteiger partial charge on any atom is -0.310 e. The third kappa shape index (κ3) is 5.74. The first-order chi connectivity index (χ1) is 28.8. The van der Waals surface area contributed by atoms with E-state index < -0.39 is 0 Å². The molecular formula is C56H38N2. The first-order valence-corrected chi connectivity index (χ1v) is 19.9. The molecular weight excluding hydrogens is 701 g/mol. The van der Waals surface area contributed by atoms with Crippen LogP contribution >= 0.6 is 0 Å². The van der Waals surface area contributed by atoms with Crippen LogP contribution < -0.4 is 4.90 Å². The molecule has 272 valence electrons. The molecule has 0 atom stereocenters. The van der Waals surface area contributed by atoms with Gasteiger partial charge in [-0.3, -0.25) is 0 Å². The molecule has 10 aromatic carbocycles. The zero-order valence-corrected chi connectivity index (χ0v) is 31.8. The molecule has 0 radical (unpaired) electrons. The van der Waals surface area contributed by atoms with Crippen LogP contribution in [0.2, 0.25) is 0 Å². The van der Waals surface area contributed by atoms with Gasteiger partial charge in [0.05, 0.1) is 16.7 Å². The molecule has 1 heterocycles. The van der Waals surface area contributed by atoms with Gasteiger partial charge in [0.15, 0.2) is 0 Å². The van der Waals surface area contributed by atoms with Gasteiger partial charge in [0.25, 0.3) is 0 Å². The summed E-state index contributed by atoms with van der Waals surface area (Å²) >= 11 is 0. The van der Waals surface area contributed by atoms with E-state index in [4.69, 9.17) is 0 Å². The van der Waals surface area contributed by atoms with E-state index in [1.807, 2.05) is 0 Å². The average Bonchev–Trinajstić information content (AvgIpc) is 3.63. The Morgan fingerprint density at radius 2 is 0.879 bits per heavy atom. The zero-order chi connectivity index (χ0) is 38.4. The second-order valence-electron chi connectivity index (χ2n) is 14.9. The van der Waals surface area contributed by atoms with Crippen molar-refractivity contribution in [3.63, 3.8) is 0 Å². The number of hydrogen-bond acceptors (Lipinski definition) is 1. The first-order valence-electron chi connectivity index (χ1n) is 19.9. The van der Waals surface area contributed by atoms with E-state index in [1.165, 1.54) is 76.7 Å². The van der Waals surface area contributed by atoms with Crippen LogP contribution in [0.4, 0.5) is 17.1 Å². The monoisotopic (exact) mass is 738 g/mol. The van der Waals surface area contributed by atoms with Gasteiger partial charge in [-0.2, -0.15) is 0 Å². The lowest BCUT2D eigenvalue weighted by Gasteiger charge is -2.27. The van der Waals surface area contributed by atoms with E-state index in [9.17, 15) is 0 Å². The summed E-state index contributed by atoms with van der Waals surface area (Å²) in [5.41, 5.74) is 14.1. The molecule has 0 fully saturated rings. The van der Waals surface area contributed by atoms with Crippen LogP contribution in [-0.2, 0) is 0 Å². The van der Waals surface area contributed by atoms with Crippen LogP contribution in [0, 0.1) is 0 Å². The maximum absolute atomic E-state index is 2.42. The second-order valence-corrected chi connectivity index (χ2v) is 14.9. The molecule has 11 aromatic rings. The van der Waals surface area contributed by atoms with Crippen molar-refractivity contribution in [2.45, 2.75) is 0 Å². The minimum absolute atomic E-state index is 1.10. The van der Waals surface area contributed by atoms with Crippen molar-refractivity contribution in [3.05, 3.63) is 231 Å². The summed E-state index contributed by atoms with van der Waals surface area (Å²) in [7, 11) is 0. The smallest absolute Gasteiger partial charge is 0.0553 e. The van der Waals surface area contributed by atoms with E-state index in [1.54, 1.807) is 0 Å². The maximum Gasteiger partial charge on any atom is 0.0553 e. The topological polar surface area (TPSA) is 8.17 Å². The summed E-state index contributed by atoms with van der Waals surface area (Å²) < 4.78 is 2.42. The molecule has 11 rings (SSSR count). The number of nitrogens with zero attached hydrogens (tertiary/aromatic N) is 2. The Bertz CT molecular complexity index is 3260. The van der Waals surface area contributed by atoms with Crippen molar-refractivity contribution < 1.29 is 0 Å². The molecule has 2 heteroatoms. The average molecular weight is 739 g/mol. The van der Waals surface area contributed by atoms with E-state index >= 15 is 0 Å². The largest absolute Gasteiger partial charge is 0.310 e. The number of rotatable bonds is 7. The number of aromatic nitrogens is 1. The molecule has 0 aliphatic rings. The number of fused-ring (bicyclic) bond motifs is 5. The number of benzene rings is 10. The van der Waals surface area contributed by atoms with Crippen molar-refractivity contribution in [1.29, 1.82) is 0 Å². The highest BCUT2D eigenvalue weighted by atomic mass is 15.1. The Morgan fingerprint density at radius 3 is 1.67 bits per heavy atom. The fourth-order valence-electron chi connectivity index (χ4n) is 8.89. The van der Waals surface area contributed by atoms with Gasteiger partial charge in [-0.1, -0.05) is 170 Å². The Kier molecular flexibility index (Phi) is 8.19. The third-order valence-electron chi connectivity index (χ3n) is 11.5. The van der Waals surface area contributed by atoms with Gasteiger partial charge in [-0.25, -0.2) is 0 Å². The molecule has 0 aliphatic heterocycles. The highest BCUT2D eigenvalue weighted by Gasteiger charge is 2.21. The van der Waals surface area contributed by atoms with Crippen molar-refractivity contribution in [1.82, 2.24) is 4.57 Å². The summed E-state index contributed by atoms with van der Waals surface area (Å²) in [6, 6.07) is 83.7. The standard InChI is InChI=1S/C56H38N2/c1-3-16-39(17-4-1)42-21-13-22-43(36-42)40-32-34-47(35-33-40)57(52-31-15-20-41-18-7-9-27-49(41)52)48-26-14-23-45(37-48)55-50-28-10-8-19-44(50)38-54-56(55)51-29-11-12-30-53(51)58(54)46-24-5-2-6-25-46/h1-38H. The van der Waals surface area contributed by atoms with E-state index in [0.717, 1.165) is 22.7 Å². The lowest BCUT2D eigenvalue weighted by atomic mass is 9.92. The normalized spacial score (nSPS) is 11.4. The molecule has 0 saturated carbocycles. The van der Waals surface area contributed by atoms with Crippen LogP contribution in [0.1, 0.15) is 0 Å². The fourth-order valence-corrected chi connectivity index (χ4v) is 8.89. The van der Waals surface area contributed by atoms with Gasteiger partial charge in [0, 0.05) is 33.2 Å². The molecule has 0 amide bonds. The summed E-state index contributed by atoms with van der Waals surface area (Å²) in [4.78, 5) is 2.42. The molecule has 0 N–H and O–H groups in total. The Hall–Kier alpha value is -7.68. The Morgan fingerprint density at radius 1 is 0.310 bits per heavy atom. The maximum atomic E-state index is 2.42. The van der Waals surface area contributed by atoms with Gasteiger partial charge in [-0.05, 0) is 110 Å².